The first-order valence-corrected chi connectivity index (χ1v) is 10.1. The van der Waals surface area contributed by atoms with Crippen LogP contribution in [-0.2, 0) is 4.74 Å². The van der Waals surface area contributed by atoms with Crippen LogP contribution in [0.2, 0.25) is 0 Å². The van der Waals surface area contributed by atoms with Crippen molar-refractivity contribution < 1.29 is 28.9 Å². The number of benzene rings is 2. The molecular formula is C24H22N2O6. The van der Waals surface area contributed by atoms with Gasteiger partial charge in [0.1, 0.15) is 6.10 Å². The minimum atomic E-state index is -1.08. The molecular weight excluding hydrogens is 412 g/mol. The summed E-state index contributed by atoms with van der Waals surface area (Å²) in [4.78, 5) is 30.5. The fraction of sp³-hybridized carbons (Fsp3) is 0.208. The van der Waals surface area contributed by atoms with Crippen LogP contribution in [0.3, 0.4) is 0 Å². The second-order valence-electron chi connectivity index (χ2n) is 7.18. The van der Waals surface area contributed by atoms with Gasteiger partial charge in [-0.15, -0.1) is 0 Å². The van der Waals surface area contributed by atoms with Crippen LogP contribution in [0.1, 0.15) is 27.1 Å². The number of hydrogen-bond acceptors (Lipinski definition) is 6. The zero-order valence-electron chi connectivity index (χ0n) is 17.4. The number of rotatable bonds is 7. The number of methoxy groups -OCH3 is 1. The second-order valence-corrected chi connectivity index (χ2v) is 7.18. The van der Waals surface area contributed by atoms with Crippen molar-refractivity contribution in [2.45, 2.75) is 12.5 Å². The van der Waals surface area contributed by atoms with E-state index in [0.29, 0.717) is 41.7 Å². The van der Waals surface area contributed by atoms with Crippen molar-refractivity contribution in [2.75, 3.05) is 25.2 Å². The average molecular weight is 434 g/mol. The molecule has 0 unspecified atom stereocenters. The van der Waals surface area contributed by atoms with Crippen molar-refractivity contribution in [3.05, 3.63) is 78.1 Å². The summed E-state index contributed by atoms with van der Waals surface area (Å²) in [5.41, 5.74) is 1.32. The molecule has 8 heteroatoms. The van der Waals surface area contributed by atoms with Crippen molar-refractivity contribution in [3.8, 4) is 11.5 Å². The molecule has 2 heterocycles. The summed E-state index contributed by atoms with van der Waals surface area (Å²) in [7, 11) is 1.54. The van der Waals surface area contributed by atoms with Crippen LogP contribution in [-0.4, -0.2) is 48.4 Å². The van der Waals surface area contributed by atoms with Crippen LogP contribution in [0.25, 0.3) is 0 Å². The first-order chi connectivity index (χ1) is 15.6. The van der Waals surface area contributed by atoms with Crippen molar-refractivity contribution in [1.82, 2.24) is 4.98 Å². The molecule has 0 spiro atoms. The molecule has 164 valence electrons. The fourth-order valence-electron chi connectivity index (χ4n) is 3.46. The van der Waals surface area contributed by atoms with Gasteiger partial charge in [-0.3, -0.25) is 14.7 Å². The van der Waals surface area contributed by atoms with Crippen molar-refractivity contribution in [1.29, 1.82) is 0 Å². The molecule has 32 heavy (non-hydrogen) atoms. The van der Waals surface area contributed by atoms with Gasteiger partial charge in [-0.1, -0.05) is 6.07 Å². The van der Waals surface area contributed by atoms with Gasteiger partial charge in [0.15, 0.2) is 11.5 Å². The van der Waals surface area contributed by atoms with E-state index in [9.17, 15) is 14.7 Å². The average Bonchev–Trinajstić information content (AvgIpc) is 3.33. The Morgan fingerprint density at radius 1 is 1.06 bits per heavy atom. The second kappa shape index (κ2) is 9.49. The maximum Gasteiger partial charge on any atom is 0.335 e. The Balaban J connectivity index is 1.80. The number of nitrogens with zero attached hydrogens (tertiary/aromatic N) is 2. The van der Waals surface area contributed by atoms with E-state index >= 15 is 0 Å². The summed E-state index contributed by atoms with van der Waals surface area (Å²) < 4.78 is 16.9. The summed E-state index contributed by atoms with van der Waals surface area (Å²) in [6.07, 6.45) is 3.69. The van der Waals surface area contributed by atoms with E-state index in [-0.39, 0.29) is 17.6 Å². The number of carbonyl (C=O) groups excluding carboxylic acids is 1. The lowest BCUT2D eigenvalue weighted by molar-refractivity contribution is 0.0696. The van der Waals surface area contributed by atoms with Gasteiger partial charge >= 0.3 is 5.97 Å². The highest BCUT2D eigenvalue weighted by atomic mass is 16.6. The number of aromatic carboxylic acids is 1. The molecule has 0 saturated carbocycles. The largest absolute Gasteiger partial charge is 0.493 e. The van der Waals surface area contributed by atoms with Gasteiger partial charge in [-0.2, -0.15) is 0 Å². The quantitative estimate of drug-likeness (QED) is 0.601. The van der Waals surface area contributed by atoms with Crippen molar-refractivity contribution in [3.63, 3.8) is 0 Å². The third kappa shape index (κ3) is 4.55. The number of carboxylic acid groups (broad SMARTS) is 1. The van der Waals surface area contributed by atoms with Gasteiger partial charge in [0.25, 0.3) is 5.91 Å². The third-order valence-corrected chi connectivity index (χ3v) is 5.05. The van der Waals surface area contributed by atoms with Crippen LogP contribution in [0, 0.1) is 0 Å². The zero-order valence-corrected chi connectivity index (χ0v) is 17.4. The molecule has 1 aliphatic heterocycles. The predicted molar refractivity (Wildman–Crippen MR) is 117 cm³/mol. The number of pyridine rings is 1. The zero-order chi connectivity index (χ0) is 22.5. The molecule has 8 nitrogen and oxygen atoms in total. The lowest BCUT2D eigenvalue weighted by Crippen LogP contribution is -2.26. The van der Waals surface area contributed by atoms with Gasteiger partial charge in [0.05, 0.1) is 42.8 Å². The maximum absolute atomic E-state index is 13.5. The highest BCUT2D eigenvalue weighted by Gasteiger charge is 2.24. The predicted octanol–water partition coefficient (Wildman–Crippen LogP) is 3.93. The fourth-order valence-corrected chi connectivity index (χ4v) is 3.46. The highest BCUT2D eigenvalue weighted by Crippen LogP contribution is 2.37. The SMILES string of the molecule is COc1ccc(N(C(=O)c2cccnc2)c2cccc(C(=O)O)c2)cc1O[C@@H]1CCOC1. The Hall–Kier alpha value is -3.91. The molecule has 1 N–H and O–H groups in total. The molecule has 0 bridgehead atoms. The van der Waals surface area contributed by atoms with E-state index < -0.39 is 5.97 Å². The Morgan fingerprint density at radius 2 is 1.88 bits per heavy atom. The monoisotopic (exact) mass is 434 g/mol. The molecule has 1 fully saturated rings. The van der Waals surface area contributed by atoms with Crippen LogP contribution in [0.4, 0.5) is 11.4 Å². The minimum Gasteiger partial charge on any atom is -0.493 e. The number of ether oxygens (including phenoxy) is 3. The van der Waals surface area contributed by atoms with E-state index in [0.717, 1.165) is 6.42 Å². The lowest BCUT2D eigenvalue weighted by atomic mass is 10.1. The van der Waals surface area contributed by atoms with Gasteiger partial charge in [-0.05, 0) is 42.5 Å². The lowest BCUT2D eigenvalue weighted by Gasteiger charge is -2.25. The molecule has 1 aliphatic rings. The molecule has 1 atom stereocenters. The number of hydrogen-bond donors (Lipinski definition) is 1. The molecule has 1 saturated heterocycles. The molecule has 0 aliphatic carbocycles. The van der Waals surface area contributed by atoms with Crippen LogP contribution in [0.15, 0.2) is 67.0 Å². The van der Waals surface area contributed by atoms with Crippen LogP contribution < -0.4 is 14.4 Å². The number of aromatic nitrogens is 1. The normalized spacial score (nSPS) is 15.2. The highest BCUT2D eigenvalue weighted by molar-refractivity contribution is 6.11. The van der Waals surface area contributed by atoms with Crippen molar-refractivity contribution in [2.24, 2.45) is 0 Å². The van der Waals surface area contributed by atoms with E-state index in [2.05, 4.69) is 4.98 Å². The maximum atomic E-state index is 13.5. The molecule has 4 rings (SSSR count). The summed E-state index contributed by atoms with van der Waals surface area (Å²) in [6, 6.07) is 14.7. The summed E-state index contributed by atoms with van der Waals surface area (Å²) in [5, 5.41) is 9.43. The summed E-state index contributed by atoms with van der Waals surface area (Å²) >= 11 is 0. The first-order valence-electron chi connectivity index (χ1n) is 10.1. The van der Waals surface area contributed by atoms with E-state index in [4.69, 9.17) is 14.2 Å². The molecule has 3 aromatic rings. The summed E-state index contributed by atoms with van der Waals surface area (Å²) in [6.45, 7) is 1.10. The Morgan fingerprint density at radius 3 is 2.56 bits per heavy atom. The minimum absolute atomic E-state index is 0.0691. The van der Waals surface area contributed by atoms with Crippen LogP contribution in [0.5, 0.6) is 11.5 Å². The van der Waals surface area contributed by atoms with Gasteiger partial charge in [-0.25, -0.2) is 4.79 Å². The Labute approximate surface area is 185 Å². The van der Waals surface area contributed by atoms with E-state index in [1.807, 2.05) is 0 Å². The smallest absolute Gasteiger partial charge is 0.335 e. The van der Waals surface area contributed by atoms with Gasteiger partial charge in [0, 0.05) is 24.9 Å². The first kappa shape index (κ1) is 21.3. The third-order valence-electron chi connectivity index (χ3n) is 5.05. The molecule has 1 amide bonds. The number of carboxylic acids is 1. The Kier molecular flexibility index (Phi) is 6.32. The van der Waals surface area contributed by atoms with Gasteiger partial charge in [0.2, 0.25) is 0 Å². The molecule has 2 aromatic carbocycles. The van der Waals surface area contributed by atoms with Crippen LogP contribution >= 0.6 is 0 Å². The number of amides is 1. The molecule has 0 radical (unpaired) electrons. The molecule has 1 aromatic heterocycles. The van der Waals surface area contributed by atoms with E-state index in [1.54, 1.807) is 55.8 Å². The van der Waals surface area contributed by atoms with Gasteiger partial charge < -0.3 is 19.3 Å². The number of carbonyl (C=O) groups is 2. The number of anilines is 2. The topological polar surface area (TPSA) is 98.2 Å². The Bertz CT molecular complexity index is 1110. The summed E-state index contributed by atoms with van der Waals surface area (Å²) in [5.74, 6) is -0.450. The standard InChI is InChI=1S/C24H22N2O6/c1-30-21-8-7-19(13-22(21)32-20-9-11-31-15-20)26(23(27)17-5-3-10-25-14-17)18-6-2-4-16(12-18)24(28)29/h2-8,10,12-14,20H,9,11,15H2,1H3,(H,28,29)/t20-/m1/s1. The van der Waals surface area contributed by atoms with Crippen molar-refractivity contribution >= 4 is 23.3 Å². The van der Waals surface area contributed by atoms with E-state index in [1.165, 1.54) is 23.2 Å².